The molecule has 1 unspecified atom stereocenters. The topological polar surface area (TPSA) is 111 Å². The molecule has 0 spiro atoms. The van der Waals surface area contributed by atoms with E-state index in [9.17, 15) is 9.59 Å². The maximum absolute atomic E-state index is 12.6. The number of fused-ring (bicyclic) bond motifs is 1. The fourth-order valence-corrected chi connectivity index (χ4v) is 4.15. The maximum Gasteiger partial charge on any atom is 0.329 e. The predicted molar refractivity (Wildman–Crippen MR) is 111 cm³/mol. The van der Waals surface area contributed by atoms with Crippen LogP contribution in [0.3, 0.4) is 0 Å². The van der Waals surface area contributed by atoms with Crippen LogP contribution in [-0.2, 0) is 18.3 Å². The molecule has 1 atom stereocenters. The SMILES string of the molecule is CC(CSc1ncccn1)Cn1c(N2CCOCC2)nc2c1c(=O)[nH]c(=O)n2C. The minimum absolute atomic E-state index is 0.220. The third kappa shape index (κ3) is 4.06. The molecular formula is C18H23N7O3S. The van der Waals surface area contributed by atoms with Gasteiger partial charge in [-0.15, -0.1) is 0 Å². The number of thioether (sulfide) groups is 1. The highest BCUT2D eigenvalue weighted by molar-refractivity contribution is 7.99. The van der Waals surface area contributed by atoms with E-state index in [2.05, 4.69) is 31.8 Å². The van der Waals surface area contributed by atoms with Crippen LogP contribution < -0.4 is 16.1 Å². The Morgan fingerprint density at radius 2 is 1.97 bits per heavy atom. The van der Waals surface area contributed by atoms with Crippen molar-refractivity contribution in [3.63, 3.8) is 0 Å². The molecule has 1 aliphatic heterocycles. The van der Waals surface area contributed by atoms with Crippen LogP contribution in [0.25, 0.3) is 11.2 Å². The zero-order valence-electron chi connectivity index (χ0n) is 16.4. The van der Waals surface area contributed by atoms with E-state index in [1.165, 1.54) is 4.57 Å². The summed E-state index contributed by atoms with van der Waals surface area (Å²) in [6.45, 7) is 5.29. The van der Waals surface area contributed by atoms with Gasteiger partial charge in [-0.3, -0.25) is 14.3 Å². The van der Waals surface area contributed by atoms with Crippen LogP contribution >= 0.6 is 11.8 Å². The lowest BCUT2D eigenvalue weighted by molar-refractivity contribution is 0.121. The van der Waals surface area contributed by atoms with E-state index in [4.69, 9.17) is 4.74 Å². The highest BCUT2D eigenvalue weighted by Gasteiger charge is 2.24. The molecule has 1 N–H and O–H groups in total. The fourth-order valence-electron chi connectivity index (χ4n) is 3.34. The van der Waals surface area contributed by atoms with Crippen LogP contribution in [-0.4, -0.2) is 61.1 Å². The molecule has 3 aromatic rings. The molecule has 3 aromatic heterocycles. The first-order chi connectivity index (χ1) is 14.0. The number of imidazole rings is 1. The Kier molecular flexibility index (Phi) is 5.67. The van der Waals surface area contributed by atoms with E-state index >= 15 is 0 Å². The molecule has 0 radical (unpaired) electrons. The van der Waals surface area contributed by atoms with E-state index < -0.39 is 11.2 Å². The van der Waals surface area contributed by atoms with E-state index in [0.717, 1.165) is 10.9 Å². The molecule has 11 heteroatoms. The molecule has 154 valence electrons. The van der Waals surface area contributed by atoms with Crippen LogP contribution in [0.4, 0.5) is 5.95 Å². The van der Waals surface area contributed by atoms with Crippen molar-refractivity contribution in [1.82, 2.24) is 29.1 Å². The average molecular weight is 417 g/mol. The van der Waals surface area contributed by atoms with Gasteiger partial charge in [0.2, 0.25) is 5.95 Å². The number of morpholine rings is 1. The van der Waals surface area contributed by atoms with Crippen molar-refractivity contribution >= 4 is 28.9 Å². The number of nitrogens with zero attached hydrogens (tertiary/aromatic N) is 6. The summed E-state index contributed by atoms with van der Waals surface area (Å²) >= 11 is 1.58. The zero-order valence-corrected chi connectivity index (χ0v) is 17.2. The molecule has 4 heterocycles. The predicted octanol–water partition coefficient (Wildman–Crippen LogP) is 0.478. The van der Waals surface area contributed by atoms with Crippen LogP contribution in [0.2, 0.25) is 0 Å². The first-order valence-electron chi connectivity index (χ1n) is 9.46. The summed E-state index contributed by atoms with van der Waals surface area (Å²) in [7, 11) is 1.62. The summed E-state index contributed by atoms with van der Waals surface area (Å²) in [5.74, 6) is 1.70. The number of H-pyrrole nitrogens is 1. The molecule has 4 rings (SSSR count). The van der Waals surface area contributed by atoms with E-state index in [0.29, 0.717) is 50.0 Å². The summed E-state index contributed by atoms with van der Waals surface area (Å²) < 4.78 is 8.76. The molecule has 1 aliphatic rings. The number of ether oxygens (including phenoxy) is 1. The smallest absolute Gasteiger partial charge is 0.329 e. The van der Waals surface area contributed by atoms with Gasteiger partial charge in [-0.05, 0) is 12.0 Å². The van der Waals surface area contributed by atoms with Gasteiger partial charge in [0.25, 0.3) is 5.56 Å². The van der Waals surface area contributed by atoms with Gasteiger partial charge in [-0.1, -0.05) is 18.7 Å². The highest BCUT2D eigenvalue weighted by Crippen LogP contribution is 2.24. The number of anilines is 1. The van der Waals surface area contributed by atoms with Crippen molar-refractivity contribution in [2.75, 3.05) is 37.0 Å². The van der Waals surface area contributed by atoms with Crippen molar-refractivity contribution in [2.45, 2.75) is 18.6 Å². The lowest BCUT2D eigenvalue weighted by Gasteiger charge is -2.28. The minimum atomic E-state index is -0.467. The first kappa shape index (κ1) is 19.6. The standard InChI is InChI=1S/C18H23N7O3S/c1-12(11-29-16-19-4-3-5-20-16)10-25-13-14(23(2)18(27)22-15(13)26)21-17(25)24-6-8-28-9-7-24/h3-5,12H,6-11H2,1-2H3,(H,22,26,27). The van der Waals surface area contributed by atoms with E-state index in [1.54, 1.807) is 37.3 Å². The van der Waals surface area contributed by atoms with Gasteiger partial charge in [-0.25, -0.2) is 14.8 Å². The second-order valence-electron chi connectivity index (χ2n) is 7.06. The van der Waals surface area contributed by atoms with Crippen LogP contribution in [0.1, 0.15) is 6.92 Å². The number of rotatable bonds is 6. The van der Waals surface area contributed by atoms with E-state index in [1.807, 2.05) is 4.57 Å². The molecular weight excluding hydrogens is 394 g/mol. The zero-order chi connectivity index (χ0) is 20.4. The van der Waals surface area contributed by atoms with Crippen molar-refractivity contribution in [3.05, 3.63) is 39.3 Å². The van der Waals surface area contributed by atoms with Crippen molar-refractivity contribution in [2.24, 2.45) is 13.0 Å². The molecule has 0 amide bonds. The van der Waals surface area contributed by atoms with Gasteiger partial charge < -0.3 is 14.2 Å². The first-order valence-corrected chi connectivity index (χ1v) is 10.4. The Bertz CT molecular complexity index is 1100. The fraction of sp³-hybridized carbons (Fsp3) is 0.500. The summed E-state index contributed by atoms with van der Waals surface area (Å²) in [6, 6.07) is 1.79. The molecule has 0 saturated carbocycles. The van der Waals surface area contributed by atoms with Gasteiger partial charge in [0.1, 0.15) is 0 Å². The Hall–Kier alpha value is -2.66. The summed E-state index contributed by atoms with van der Waals surface area (Å²) in [4.78, 5) is 42.3. The maximum atomic E-state index is 12.6. The molecule has 0 aliphatic carbocycles. The molecule has 1 fully saturated rings. The number of aromatic nitrogens is 6. The molecule has 10 nitrogen and oxygen atoms in total. The van der Waals surface area contributed by atoms with Gasteiger partial charge in [0.15, 0.2) is 16.3 Å². The number of aromatic amines is 1. The van der Waals surface area contributed by atoms with Gasteiger partial charge >= 0.3 is 5.69 Å². The molecule has 0 bridgehead atoms. The lowest BCUT2D eigenvalue weighted by Crippen LogP contribution is -2.38. The normalized spacial score (nSPS) is 15.7. The third-order valence-corrected chi connectivity index (χ3v) is 6.02. The summed E-state index contributed by atoms with van der Waals surface area (Å²) in [5.41, 5.74) is -0.0697. The summed E-state index contributed by atoms with van der Waals surface area (Å²) in [6.07, 6.45) is 3.44. The second-order valence-corrected chi connectivity index (χ2v) is 8.05. The Morgan fingerprint density at radius 1 is 1.24 bits per heavy atom. The Balaban J connectivity index is 1.68. The molecule has 0 aromatic carbocycles. The van der Waals surface area contributed by atoms with Crippen molar-refractivity contribution in [3.8, 4) is 0 Å². The number of hydrogen-bond donors (Lipinski definition) is 1. The Labute approximate surface area is 170 Å². The number of hydrogen-bond acceptors (Lipinski definition) is 8. The number of nitrogens with one attached hydrogen (secondary N) is 1. The van der Waals surface area contributed by atoms with Crippen molar-refractivity contribution in [1.29, 1.82) is 0 Å². The third-order valence-electron chi connectivity index (χ3n) is 4.81. The Morgan fingerprint density at radius 3 is 2.69 bits per heavy atom. The van der Waals surface area contributed by atoms with Gasteiger partial charge in [0.05, 0.1) is 13.2 Å². The lowest BCUT2D eigenvalue weighted by atomic mass is 10.2. The summed E-state index contributed by atoms with van der Waals surface area (Å²) in [5, 5.41) is 0.725. The van der Waals surface area contributed by atoms with Gasteiger partial charge in [0, 0.05) is 44.8 Å². The average Bonchev–Trinajstić information content (AvgIpc) is 3.12. The van der Waals surface area contributed by atoms with Crippen LogP contribution in [0.5, 0.6) is 0 Å². The van der Waals surface area contributed by atoms with E-state index in [-0.39, 0.29) is 5.92 Å². The molecule has 1 saturated heterocycles. The van der Waals surface area contributed by atoms with Crippen LogP contribution in [0.15, 0.2) is 33.2 Å². The number of aryl methyl sites for hydroxylation is 1. The largest absolute Gasteiger partial charge is 0.378 e. The minimum Gasteiger partial charge on any atom is -0.378 e. The monoisotopic (exact) mass is 417 g/mol. The highest BCUT2D eigenvalue weighted by atomic mass is 32.2. The second kappa shape index (κ2) is 8.37. The quantitative estimate of drug-likeness (QED) is 0.455. The van der Waals surface area contributed by atoms with Gasteiger partial charge in [-0.2, -0.15) is 4.98 Å². The molecule has 29 heavy (non-hydrogen) atoms. The van der Waals surface area contributed by atoms with Crippen molar-refractivity contribution < 1.29 is 4.74 Å². The van der Waals surface area contributed by atoms with Crippen LogP contribution in [0, 0.1) is 5.92 Å².